The minimum absolute atomic E-state index is 0.166. The van der Waals surface area contributed by atoms with E-state index in [4.69, 9.17) is 0 Å². The third-order valence-corrected chi connectivity index (χ3v) is 3.12. The Morgan fingerprint density at radius 1 is 0.857 bits per heavy atom. The van der Waals surface area contributed by atoms with E-state index >= 15 is 0 Å². The molecule has 0 amide bonds. The SMILES string of the molecule is CCC1=C2C(=O)CC(CC)=C2C(=O)C1. The molecular formula is C12H14O2. The molecule has 0 unspecified atom stereocenters. The van der Waals surface area contributed by atoms with Crippen LogP contribution in [0.25, 0.3) is 0 Å². The number of rotatable bonds is 2. The van der Waals surface area contributed by atoms with Crippen LogP contribution in [-0.4, -0.2) is 11.6 Å². The molecule has 2 heteroatoms. The monoisotopic (exact) mass is 190 g/mol. The molecule has 0 N–H and O–H groups in total. The standard InChI is InChI=1S/C12H14O2/c1-3-7-5-9(13)12-8(4-2)6-10(14)11(7)12/h3-6H2,1-2H3. The second kappa shape index (κ2) is 3.19. The Kier molecular flexibility index (Phi) is 2.14. The topological polar surface area (TPSA) is 34.1 Å². The van der Waals surface area contributed by atoms with Gasteiger partial charge in [0, 0.05) is 24.0 Å². The van der Waals surface area contributed by atoms with Crippen LogP contribution in [0, 0.1) is 0 Å². The number of fused-ring (bicyclic) bond motifs is 1. The number of hydrogen-bond donors (Lipinski definition) is 0. The summed E-state index contributed by atoms with van der Waals surface area (Å²) in [6.07, 6.45) is 2.62. The predicted molar refractivity (Wildman–Crippen MR) is 53.9 cm³/mol. The Labute approximate surface area is 83.7 Å². The van der Waals surface area contributed by atoms with Crippen molar-refractivity contribution in [3.8, 4) is 0 Å². The fourth-order valence-electron chi connectivity index (χ4n) is 2.37. The van der Waals surface area contributed by atoms with Crippen LogP contribution in [0.1, 0.15) is 39.5 Å². The van der Waals surface area contributed by atoms with Crippen molar-refractivity contribution < 1.29 is 9.59 Å². The van der Waals surface area contributed by atoms with Gasteiger partial charge in [-0.05, 0) is 12.8 Å². The van der Waals surface area contributed by atoms with Gasteiger partial charge in [-0.25, -0.2) is 0 Å². The molecule has 74 valence electrons. The normalized spacial score (nSPS) is 21.3. The quantitative estimate of drug-likeness (QED) is 0.669. The van der Waals surface area contributed by atoms with E-state index in [2.05, 4.69) is 0 Å². The summed E-state index contributed by atoms with van der Waals surface area (Å²) in [6.45, 7) is 4.02. The van der Waals surface area contributed by atoms with Crippen LogP contribution in [0.2, 0.25) is 0 Å². The molecule has 2 aliphatic carbocycles. The second-order valence-corrected chi connectivity index (χ2v) is 3.86. The first-order chi connectivity index (χ1) is 6.69. The molecule has 0 bridgehead atoms. The van der Waals surface area contributed by atoms with Gasteiger partial charge in [-0.3, -0.25) is 9.59 Å². The van der Waals surface area contributed by atoms with Gasteiger partial charge in [-0.2, -0.15) is 0 Å². The van der Waals surface area contributed by atoms with Crippen LogP contribution in [0.5, 0.6) is 0 Å². The molecule has 0 saturated carbocycles. The van der Waals surface area contributed by atoms with E-state index in [1.54, 1.807) is 0 Å². The molecule has 0 fully saturated rings. The summed E-state index contributed by atoms with van der Waals surface area (Å²) in [5.74, 6) is 0.333. The largest absolute Gasteiger partial charge is 0.294 e. The van der Waals surface area contributed by atoms with Crippen molar-refractivity contribution in [2.24, 2.45) is 0 Å². The Balaban J connectivity index is 2.56. The minimum atomic E-state index is 0.166. The average Bonchev–Trinajstić information content (AvgIpc) is 2.67. The summed E-state index contributed by atoms with van der Waals surface area (Å²) in [7, 11) is 0. The minimum Gasteiger partial charge on any atom is -0.294 e. The van der Waals surface area contributed by atoms with Gasteiger partial charge in [0.05, 0.1) is 0 Å². The number of allylic oxidation sites excluding steroid dienone is 4. The molecule has 0 heterocycles. The van der Waals surface area contributed by atoms with Gasteiger partial charge in [-0.1, -0.05) is 25.0 Å². The van der Waals surface area contributed by atoms with Crippen LogP contribution >= 0.6 is 0 Å². The molecule has 0 spiro atoms. The molecule has 0 aromatic heterocycles. The molecule has 2 nitrogen and oxygen atoms in total. The lowest BCUT2D eigenvalue weighted by atomic mass is 10.1. The zero-order valence-corrected chi connectivity index (χ0v) is 8.64. The number of carbonyl (C=O) groups excluding carboxylic acids is 2. The maximum Gasteiger partial charge on any atom is 0.167 e. The van der Waals surface area contributed by atoms with E-state index in [0.717, 1.165) is 35.1 Å². The fraction of sp³-hybridized carbons (Fsp3) is 0.500. The maximum absolute atomic E-state index is 11.7. The molecule has 2 aliphatic rings. The van der Waals surface area contributed by atoms with Crippen molar-refractivity contribution in [2.45, 2.75) is 39.5 Å². The third-order valence-electron chi connectivity index (χ3n) is 3.12. The van der Waals surface area contributed by atoms with Gasteiger partial charge in [-0.15, -0.1) is 0 Å². The van der Waals surface area contributed by atoms with E-state index in [1.807, 2.05) is 13.8 Å². The highest BCUT2D eigenvalue weighted by Gasteiger charge is 2.37. The van der Waals surface area contributed by atoms with Gasteiger partial charge in [0.1, 0.15) is 0 Å². The summed E-state index contributed by atoms with van der Waals surface area (Å²) in [5, 5.41) is 0. The first-order valence-corrected chi connectivity index (χ1v) is 5.19. The second-order valence-electron chi connectivity index (χ2n) is 3.86. The number of hydrogen-bond acceptors (Lipinski definition) is 2. The Morgan fingerprint density at radius 2 is 1.21 bits per heavy atom. The van der Waals surface area contributed by atoms with Crippen molar-refractivity contribution in [2.75, 3.05) is 0 Å². The van der Waals surface area contributed by atoms with E-state index in [-0.39, 0.29) is 11.6 Å². The molecule has 0 aliphatic heterocycles. The molecule has 0 saturated heterocycles. The predicted octanol–water partition coefficient (Wildman–Crippen LogP) is 2.35. The molecule has 0 radical (unpaired) electrons. The van der Waals surface area contributed by atoms with E-state index < -0.39 is 0 Å². The van der Waals surface area contributed by atoms with Gasteiger partial charge < -0.3 is 0 Å². The zero-order chi connectivity index (χ0) is 10.3. The van der Waals surface area contributed by atoms with E-state index in [0.29, 0.717) is 12.8 Å². The first-order valence-electron chi connectivity index (χ1n) is 5.19. The Hall–Kier alpha value is -1.18. The Bertz CT molecular complexity index is 345. The highest BCUT2D eigenvalue weighted by molar-refractivity contribution is 6.21. The van der Waals surface area contributed by atoms with Gasteiger partial charge in [0.25, 0.3) is 0 Å². The fourth-order valence-corrected chi connectivity index (χ4v) is 2.37. The number of Topliss-reactive ketones (excluding diaryl/α,β-unsaturated/α-hetero) is 2. The van der Waals surface area contributed by atoms with E-state index in [1.165, 1.54) is 0 Å². The summed E-state index contributed by atoms with van der Waals surface area (Å²) < 4.78 is 0. The van der Waals surface area contributed by atoms with Gasteiger partial charge >= 0.3 is 0 Å². The molecule has 0 atom stereocenters. The smallest absolute Gasteiger partial charge is 0.167 e. The summed E-state index contributed by atoms with van der Waals surface area (Å²) in [4.78, 5) is 23.4. The van der Waals surface area contributed by atoms with Gasteiger partial charge in [0.2, 0.25) is 0 Å². The molecular weight excluding hydrogens is 176 g/mol. The molecule has 14 heavy (non-hydrogen) atoms. The zero-order valence-electron chi connectivity index (χ0n) is 8.64. The van der Waals surface area contributed by atoms with Crippen LogP contribution in [0.15, 0.2) is 22.3 Å². The highest BCUT2D eigenvalue weighted by atomic mass is 16.1. The molecule has 0 aromatic carbocycles. The maximum atomic E-state index is 11.7. The summed E-state index contributed by atoms with van der Waals surface area (Å²) in [6, 6.07) is 0. The van der Waals surface area contributed by atoms with Gasteiger partial charge in [0.15, 0.2) is 11.6 Å². The van der Waals surface area contributed by atoms with Crippen LogP contribution in [-0.2, 0) is 9.59 Å². The summed E-state index contributed by atoms with van der Waals surface area (Å²) in [5.41, 5.74) is 3.65. The Morgan fingerprint density at radius 3 is 1.50 bits per heavy atom. The van der Waals surface area contributed by atoms with Crippen LogP contribution in [0.4, 0.5) is 0 Å². The van der Waals surface area contributed by atoms with Crippen molar-refractivity contribution in [1.29, 1.82) is 0 Å². The number of ketones is 2. The lowest BCUT2D eigenvalue weighted by Gasteiger charge is -1.97. The highest BCUT2D eigenvalue weighted by Crippen LogP contribution is 2.40. The lowest BCUT2D eigenvalue weighted by molar-refractivity contribution is -0.115. The van der Waals surface area contributed by atoms with Crippen LogP contribution in [0.3, 0.4) is 0 Å². The molecule has 0 aromatic rings. The average molecular weight is 190 g/mol. The summed E-state index contributed by atoms with van der Waals surface area (Å²) >= 11 is 0. The third kappa shape index (κ3) is 1.10. The van der Waals surface area contributed by atoms with Crippen molar-refractivity contribution in [3.63, 3.8) is 0 Å². The van der Waals surface area contributed by atoms with E-state index in [9.17, 15) is 9.59 Å². The van der Waals surface area contributed by atoms with Crippen molar-refractivity contribution in [1.82, 2.24) is 0 Å². The van der Waals surface area contributed by atoms with Crippen molar-refractivity contribution >= 4 is 11.6 Å². The molecule has 2 rings (SSSR count). The van der Waals surface area contributed by atoms with Crippen molar-refractivity contribution in [3.05, 3.63) is 22.3 Å². The van der Waals surface area contributed by atoms with Crippen LogP contribution < -0.4 is 0 Å². The first kappa shape index (κ1) is 9.38. The number of carbonyl (C=O) groups is 2. The lowest BCUT2D eigenvalue weighted by Crippen LogP contribution is -1.96.